The van der Waals surface area contributed by atoms with Gasteiger partial charge in [0.25, 0.3) is 5.56 Å². The van der Waals surface area contributed by atoms with Crippen LogP contribution in [-0.2, 0) is 0 Å². The minimum Gasteiger partial charge on any atom is -0.478 e. The molecule has 2 aromatic heterocycles. The van der Waals surface area contributed by atoms with Gasteiger partial charge in [-0.25, -0.2) is 4.79 Å². The van der Waals surface area contributed by atoms with Crippen molar-refractivity contribution in [3.63, 3.8) is 0 Å². The zero-order valence-corrected chi connectivity index (χ0v) is 12.3. The van der Waals surface area contributed by atoms with E-state index in [0.29, 0.717) is 11.0 Å². The molecule has 0 bridgehead atoms. The van der Waals surface area contributed by atoms with E-state index in [1.807, 2.05) is 6.92 Å². The Morgan fingerprint density at radius 1 is 1.27 bits per heavy atom. The highest BCUT2D eigenvalue weighted by molar-refractivity contribution is 7.99. The molecule has 0 aliphatic rings. The van der Waals surface area contributed by atoms with E-state index < -0.39 is 5.97 Å². The molecule has 112 valence electrons. The Hall–Kier alpha value is -2.74. The summed E-state index contributed by atoms with van der Waals surface area (Å²) < 4.78 is 0. The first-order valence-electron chi connectivity index (χ1n) is 6.35. The molecule has 1 aromatic carbocycles. The van der Waals surface area contributed by atoms with Gasteiger partial charge in [-0.15, -0.1) is 0 Å². The number of nitrogens with one attached hydrogen (secondary N) is 2. The Balaban J connectivity index is 2.05. The predicted octanol–water partition coefficient (Wildman–Crippen LogP) is 1.99. The molecule has 0 atom stereocenters. The van der Waals surface area contributed by atoms with E-state index >= 15 is 0 Å². The number of rotatable bonds is 3. The topological polar surface area (TPSA) is 125 Å². The van der Waals surface area contributed by atoms with Gasteiger partial charge in [0.05, 0.1) is 10.9 Å². The van der Waals surface area contributed by atoms with Crippen LogP contribution in [-0.4, -0.2) is 26.0 Å². The van der Waals surface area contributed by atoms with Crippen LogP contribution in [0.1, 0.15) is 16.1 Å². The predicted molar refractivity (Wildman–Crippen MR) is 83.4 cm³/mol. The van der Waals surface area contributed by atoms with Crippen molar-refractivity contribution < 1.29 is 9.90 Å². The molecule has 22 heavy (non-hydrogen) atoms. The van der Waals surface area contributed by atoms with Crippen LogP contribution in [0.3, 0.4) is 0 Å². The van der Waals surface area contributed by atoms with E-state index in [2.05, 4.69) is 15.0 Å². The number of aryl methyl sites for hydroxylation is 1. The number of carbonyl (C=O) groups is 1. The maximum Gasteiger partial charge on any atom is 0.335 e. The number of nitrogens with two attached hydrogens (primary N) is 1. The lowest BCUT2D eigenvalue weighted by molar-refractivity contribution is 0.0697. The van der Waals surface area contributed by atoms with Gasteiger partial charge in [-0.3, -0.25) is 9.78 Å². The summed E-state index contributed by atoms with van der Waals surface area (Å²) >= 11 is 1.37. The van der Waals surface area contributed by atoms with Crippen LogP contribution in [0.25, 0.3) is 11.0 Å². The molecule has 3 aromatic rings. The zero-order chi connectivity index (χ0) is 15.9. The van der Waals surface area contributed by atoms with Crippen LogP contribution in [0.4, 0.5) is 5.95 Å². The van der Waals surface area contributed by atoms with E-state index in [4.69, 9.17) is 10.8 Å². The van der Waals surface area contributed by atoms with Crippen LogP contribution < -0.4 is 11.3 Å². The van der Waals surface area contributed by atoms with Gasteiger partial charge in [0.1, 0.15) is 5.65 Å². The monoisotopic (exact) mass is 316 g/mol. The fourth-order valence-corrected chi connectivity index (χ4v) is 3.13. The highest BCUT2D eigenvalue weighted by Gasteiger charge is 2.15. The molecule has 0 aliphatic heterocycles. The summed E-state index contributed by atoms with van der Waals surface area (Å²) in [7, 11) is 0. The van der Waals surface area contributed by atoms with Crippen molar-refractivity contribution in [1.29, 1.82) is 0 Å². The summed E-state index contributed by atoms with van der Waals surface area (Å²) in [6.07, 6.45) is 0. The fraction of sp³-hybridized carbons (Fsp3) is 0.0714. The van der Waals surface area contributed by atoms with E-state index in [0.717, 1.165) is 15.5 Å². The van der Waals surface area contributed by atoms with Crippen molar-refractivity contribution in [2.75, 3.05) is 5.73 Å². The molecule has 3 rings (SSSR count). The number of nitrogens with zero attached hydrogens (tertiary/aromatic N) is 1. The number of carboxylic acids is 1. The SMILES string of the molecule is Cc1[nH]c2nc(N)[nH]c(=O)c2c1Sc1ccc(C(=O)O)cc1. The van der Waals surface area contributed by atoms with Crippen LogP contribution >= 0.6 is 11.8 Å². The van der Waals surface area contributed by atoms with Gasteiger partial charge in [0, 0.05) is 15.5 Å². The Labute approximate surface area is 128 Å². The highest BCUT2D eigenvalue weighted by atomic mass is 32.2. The van der Waals surface area contributed by atoms with E-state index in [1.54, 1.807) is 12.1 Å². The Morgan fingerprint density at radius 3 is 2.59 bits per heavy atom. The van der Waals surface area contributed by atoms with Gasteiger partial charge in [-0.2, -0.15) is 4.98 Å². The third kappa shape index (κ3) is 2.44. The maximum atomic E-state index is 12.1. The number of anilines is 1. The van der Waals surface area contributed by atoms with Crippen LogP contribution in [0, 0.1) is 6.92 Å². The number of H-pyrrole nitrogens is 2. The first-order chi connectivity index (χ1) is 10.5. The van der Waals surface area contributed by atoms with Crippen molar-refractivity contribution in [2.45, 2.75) is 16.7 Å². The average molecular weight is 316 g/mol. The average Bonchev–Trinajstić information content (AvgIpc) is 2.75. The second kappa shape index (κ2) is 5.23. The first kappa shape index (κ1) is 14.2. The maximum absolute atomic E-state index is 12.1. The lowest BCUT2D eigenvalue weighted by Gasteiger charge is -2.02. The Morgan fingerprint density at radius 2 is 1.95 bits per heavy atom. The lowest BCUT2D eigenvalue weighted by Crippen LogP contribution is -2.10. The van der Waals surface area contributed by atoms with Gasteiger partial charge in [0.2, 0.25) is 5.95 Å². The van der Waals surface area contributed by atoms with E-state index in [-0.39, 0.29) is 17.1 Å². The summed E-state index contributed by atoms with van der Waals surface area (Å²) in [5.41, 5.74) is 6.67. The highest BCUT2D eigenvalue weighted by Crippen LogP contribution is 2.34. The molecule has 0 saturated heterocycles. The number of aromatic carboxylic acids is 1. The third-order valence-corrected chi connectivity index (χ3v) is 4.35. The molecule has 0 saturated carbocycles. The molecule has 7 nitrogen and oxygen atoms in total. The van der Waals surface area contributed by atoms with Gasteiger partial charge in [0.15, 0.2) is 0 Å². The first-order valence-corrected chi connectivity index (χ1v) is 7.16. The molecule has 0 unspecified atom stereocenters. The van der Waals surface area contributed by atoms with Crippen molar-refractivity contribution in [1.82, 2.24) is 15.0 Å². The van der Waals surface area contributed by atoms with Crippen molar-refractivity contribution in [3.8, 4) is 0 Å². The van der Waals surface area contributed by atoms with Gasteiger partial charge in [-0.1, -0.05) is 11.8 Å². The van der Waals surface area contributed by atoms with Gasteiger partial charge >= 0.3 is 5.97 Å². The second-order valence-corrected chi connectivity index (χ2v) is 5.77. The van der Waals surface area contributed by atoms with E-state index in [1.165, 1.54) is 23.9 Å². The number of aromatic amines is 2. The molecular formula is C14H12N4O3S. The molecule has 8 heteroatoms. The molecular weight excluding hydrogens is 304 g/mol. The molecule has 5 N–H and O–H groups in total. The van der Waals surface area contributed by atoms with Crippen LogP contribution in [0.2, 0.25) is 0 Å². The minimum absolute atomic E-state index is 0.0566. The number of benzene rings is 1. The van der Waals surface area contributed by atoms with Crippen LogP contribution in [0.15, 0.2) is 38.9 Å². The number of nitrogen functional groups attached to an aromatic ring is 1. The summed E-state index contributed by atoms with van der Waals surface area (Å²) in [5.74, 6) is -0.919. The Bertz CT molecular complexity index is 928. The molecule has 0 radical (unpaired) electrons. The largest absolute Gasteiger partial charge is 0.478 e. The Kier molecular flexibility index (Phi) is 3.38. The summed E-state index contributed by atoms with van der Waals surface area (Å²) in [6, 6.07) is 6.45. The zero-order valence-electron chi connectivity index (χ0n) is 11.5. The van der Waals surface area contributed by atoms with Crippen molar-refractivity contribution >= 4 is 34.7 Å². The summed E-state index contributed by atoms with van der Waals surface area (Å²) in [5, 5.41) is 9.35. The van der Waals surface area contributed by atoms with Gasteiger partial charge < -0.3 is 15.8 Å². The quantitative estimate of drug-likeness (QED) is 0.585. The normalized spacial score (nSPS) is 11.0. The smallest absolute Gasteiger partial charge is 0.335 e. The fourth-order valence-electron chi connectivity index (χ4n) is 2.12. The van der Waals surface area contributed by atoms with Crippen molar-refractivity contribution in [3.05, 3.63) is 45.9 Å². The standard InChI is InChI=1S/C14H12N4O3S/c1-6-10(9-11(16-6)17-14(15)18-12(9)19)22-8-4-2-7(3-5-8)13(20)21/h2-5H,1H3,(H,20,21)(H4,15,16,17,18,19). The molecule has 0 aliphatic carbocycles. The number of carboxylic acid groups (broad SMARTS) is 1. The third-order valence-electron chi connectivity index (χ3n) is 3.13. The summed E-state index contributed by atoms with van der Waals surface area (Å²) in [4.78, 5) is 34.1. The van der Waals surface area contributed by atoms with Gasteiger partial charge in [-0.05, 0) is 31.2 Å². The second-order valence-electron chi connectivity index (χ2n) is 4.69. The van der Waals surface area contributed by atoms with Crippen LogP contribution in [0.5, 0.6) is 0 Å². The molecule has 2 heterocycles. The lowest BCUT2D eigenvalue weighted by atomic mass is 10.2. The summed E-state index contributed by atoms with van der Waals surface area (Å²) in [6.45, 7) is 1.84. The van der Waals surface area contributed by atoms with E-state index in [9.17, 15) is 9.59 Å². The number of hydrogen-bond acceptors (Lipinski definition) is 5. The molecule has 0 spiro atoms. The molecule has 0 amide bonds. The number of fused-ring (bicyclic) bond motifs is 1. The van der Waals surface area contributed by atoms with Crippen molar-refractivity contribution in [2.24, 2.45) is 0 Å². The number of aromatic nitrogens is 3. The minimum atomic E-state index is -0.976. The number of hydrogen-bond donors (Lipinski definition) is 4. The molecule has 0 fully saturated rings.